The van der Waals surface area contributed by atoms with Crippen LogP contribution in [0.5, 0.6) is 0 Å². The predicted octanol–water partition coefficient (Wildman–Crippen LogP) is 3.46. The van der Waals surface area contributed by atoms with E-state index in [0.717, 1.165) is 12.0 Å². The lowest BCUT2D eigenvalue weighted by Crippen LogP contribution is -2.24. The van der Waals surface area contributed by atoms with E-state index in [4.69, 9.17) is 0 Å². The van der Waals surface area contributed by atoms with Crippen molar-refractivity contribution in [1.82, 2.24) is 5.32 Å². The van der Waals surface area contributed by atoms with Gasteiger partial charge in [0, 0.05) is 6.04 Å². The van der Waals surface area contributed by atoms with E-state index in [9.17, 15) is 0 Å². The molecule has 1 atom stereocenters. The summed E-state index contributed by atoms with van der Waals surface area (Å²) in [6, 6.07) is 3.12. The molecule has 0 aliphatic heterocycles. The number of hydrogen-bond donors (Lipinski definition) is 1. The summed E-state index contributed by atoms with van der Waals surface area (Å²) in [4.78, 5) is 0. The first-order valence-corrected chi connectivity index (χ1v) is 7.07. The van der Waals surface area contributed by atoms with Crippen LogP contribution in [0.4, 0.5) is 0 Å². The van der Waals surface area contributed by atoms with Crippen LogP contribution in [0.3, 0.4) is 0 Å². The maximum atomic E-state index is 3.64. The lowest BCUT2D eigenvalue weighted by Gasteiger charge is -2.14. The molecule has 0 bridgehead atoms. The van der Waals surface area contributed by atoms with Gasteiger partial charge in [0.25, 0.3) is 0 Å². The molecular formula is C13H21NS. The van der Waals surface area contributed by atoms with E-state index < -0.39 is 0 Å². The maximum Gasteiger partial charge on any atom is 0.00683 e. The highest BCUT2D eigenvalue weighted by molar-refractivity contribution is 7.07. The molecule has 0 saturated heterocycles. The first-order chi connectivity index (χ1) is 7.38. The van der Waals surface area contributed by atoms with E-state index in [0.29, 0.717) is 0 Å². The summed E-state index contributed by atoms with van der Waals surface area (Å²) in [6.45, 7) is 3.54. The number of nitrogens with one attached hydrogen (secondary N) is 1. The molecule has 0 amide bonds. The molecule has 0 radical (unpaired) electrons. The highest BCUT2D eigenvalue weighted by Gasteiger charge is 2.21. The topological polar surface area (TPSA) is 12.0 Å². The third-order valence-corrected chi connectivity index (χ3v) is 4.00. The van der Waals surface area contributed by atoms with Crippen LogP contribution in [0.15, 0.2) is 16.8 Å². The molecule has 1 unspecified atom stereocenters. The van der Waals surface area contributed by atoms with Gasteiger partial charge in [-0.3, -0.25) is 0 Å². The highest BCUT2D eigenvalue weighted by atomic mass is 32.1. The monoisotopic (exact) mass is 223 g/mol. The summed E-state index contributed by atoms with van der Waals surface area (Å²) in [5.74, 6) is 0.866. The Balaban J connectivity index is 1.65. The first kappa shape index (κ1) is 11.2. The Kier molecular flexibility index (Phi) is 4.21. The Labute approximate surface area is 96.9 Å². The fourth-order valence-electron chi connectivity index (χ4n) is 1.88. The smallest absolute Gasteiger partial charge is 0.00683 e. The van der Waals surface area contributed by atoms with E-state index in [1.54, 1.807) is 0 Å². The van der Waals surface area contributed by atoms with E-state index in [1.807, 2.05) is 11.3 Å². The third kappa shape index (κ3) is 3.96. The zero-order chi connectivity index (χ0) is 10.5. The fourth-order valence-corrected chi connectivity index (χ4v) is 2.58. The van der Waals surface area contributed by atoms with E-state index >= 15 is 0 Å². The first-order valence-electron chi connectivity index (χ1n) is 6.13. The van der Waals surface area contributed by atoms with Gasteiger partial charge in [-0.2, -0.15) is 11.3 Å². The second-order valence-electron chi connectivity index (χ2n) is 4.63. The number of hydrogen-bond acceptors (Lipinski definition) is 2. The Hall–Kier alpha value is -0.340. The highest BCUT2D eigenvalue weighted by Crippen LogP contribution is 2.20. The fraction of sp³-hybridized carbons (Fsp3) is 0.692. The van der Waals surface area contributed by atoms with Crippen LogP contribution in [-0.2, 0) is 6.42 Å². The van der Waals surface area contributed by atoms with Crippen molar-refractivity contribution in [3.05, 3.63) is 22.4 Å². The van der Waals surface area contributed by atoms with Crippen LogP contribution in [0.25, 0.3) is 0 Å². The molecule has 1 N–H and O–H groups in total. The van der Waals surface area contributed by atoms with Gasteiger partial charge in [-0.1, -0.05) is 13.3 Å². The minimum absolute atomic E-state index is 0.861. The van der Waals surface area contributed by atoms with Crippen molar-refractivity contribution in [2.75, 3.05) is 6.54 Å². The minimum atomic E-state index is 0.861. The van der Waals surface area contributed by atoms with Crippen LogP contribution >= 0.6 is 11.3 Å². The Morgan fingerprint density at radius 2 is 2.40 bits per heavy atom. The van der Waals surface area contributed by atoms with Gasteiger partial charge in [-0.25, -0.2) is 0 Å². The van der Waals surface area contributed by atoms with Gasteiger partial charge < -0.3 is 5.32 Å². The van der Waals surface area contributed by atoms with Crippen molar-refractivity contribution < 1.29 is 0 Å². The molecule has 15 heavy (non-hydrogen) atoms. The predicted molar refractivity (Wildman–Crippen MR) is 67.4 cm³/mol. The SMILES string of the molecule is CCC(CCc1ccsc1)CNC1CC1. The molecule has 1 aromatic rings. The quantitative estimate of drug-likeness (QED) is 0.746. The number of rotatable bonds is 7. The van der Waals surface area contributed by atoms with Crippen molar-refractivity contribution in [2.45, 2.75) is 45.1 Å². The summed E-state index contributed by atoms with van der Waals surface area (Å²) < 4.78 is 0. The van der Waals surface area contributed by atoms with Gasteiger partial charge in [-0.15, -0.1) is 0 Å². The van der Waals surface area contributed by atoms with Gasteiger partial charge in [0.2, 0.25) is 0 Å². The summed E-state index contributed by atoms with van der Waals surface area (Å²) in [6.07, 6.45) is 6.72. The van der Waals surface area contributed by atoms with Crippen LogP contribution in [0, 0.1) is 5.92 Å². The minimum Gasteiger partial charge on any atom is -0.314 e. The van der Waals surface area contributed by atoms with Crippen molar-refractivity contribution in [3.63, 3.8) is 0 Å². The molecule has 2 rings (SSSR count). The Bertz CT molecular complexity index is 264. The Morgan fingerprint density at radius 3 is 3.00 bits per heavy atom. The molecule has 1 aliphatic rings. The molecule has 1 heterocycles. The van der Waals surface area contributed by atoms with Gasteiger partial charge in [0.1, 0.15) is 0 Å². The summed E-state index contributed by atoms with van der Waals surface area (Å²) >= 11 is 1.81. The van der Waals surface area contributed by atoms with Crippen molar-refractivity contribution in [2.24, 2.45) is 5.92 Å². The van der Waals surface area contributed by atoms with Crippen molar-refractivity contribution in [3.8, 4) is 0 Å². The zero-order valence-electron chi connectivity index (χ0n) is 9.54. The second kappa shape index (κ2) is 5.66. The largest absolute Gasteiger partial charge is 0.314 e. The van der Waals surface area contributed by atoms with Crippen molar-refractivity contribution in [1.29, 1.82) is 0 Å². The number of aryl methyl sites for hydroxylation is 1. The van der Waals surface area contributed by atoms with E-state index in [2.05, 4.69) is 29.1 Å². The standard InChI is InChI=1S/C13H21NS/c1-2-11(9-14-13-5-6-13)3-4-12-7-8-15-10-12/h7-8,10-11,13-14H,2-6,9H2,1H3. The molecule has 1 nitrogen and oxygen atoms in total. The normalized spacial score (nSPS) is 17.9. The molecule has 0 spiro atoms. The van der Waals surface area contributed by atoms with E-state index in [1.165, 1.54) is 44.2 Å². The molecule has 1 aliphatic carbocycles. The Morgan fingerprint density at radius 1 is 1.53 bits per heavy atom. The van der Waals surface area contributed by atoms with Gasteiger partial charge in [0.15, 0.2) is 0 Å². The van der Waals surface area contributed by atoms with Crippen LogP contribution in [0.2, 0.25) is 0 Å². The lowest BCUT2D eigenvalue weighted by atomic mass is 9.98. The molecule has 1 aromatic heterocycles. The number of thiophene rings is 1. The average Bonchev–Trinajstić information content (AvgIpc) is 2.94. The zero-order valence-corrected chi connectivity index (χ0v) is 10.4. The lowest BCUT2D eigenvalue weighted by molar-refractivity contribution is 0.432. The van der Waals surface area contributed by atoms with Gasteiger partial charge in [0.05, 0.1) is 0 Å². The summed E-state index contributed by atoms with van der Waals surface area (Å²) in [5, 5.41) is 8.10. The van der Waals surface area contributed by atoms with Crippen LogP contribution in [-0.4, -0.2) is 12.6 Å². The molecule has 1 saturated carbocycles. The molecule has 0 aromatic carbocycles. The molecule has 2 heteroatoms. The second-order valence-corrected chi connectivity index (χ2v) is 5.41. The van der Waals surface area contributed by atoms with Gasteiger partial charge >= 0.3 is 0 Å². The third-order valence-electron chi connectivity index (χ3n) is 3.27. The maximum absolute atomic E-state index is 3.64. The molecule has 1 fully saturated rings. The van der Waals surface area contributed by atoms with Gasteiger partial charge in [-0.05, 0) is 60.5 Å². The van der Waals surface area contributed by atoms with E-state index in [-0.39, 0.29) is 0 Å². The van der Waals surface area contributed by atoms with Crippen molar-refractivity contribution >= 4 is 11.3 Å². The average molecular weight is 223 g/mol. The summed E-state index contributed by atoms with van der Waals surface area (Å²) in [7, 11) is 0. The molecular weight excluding hydrogens is 202 g/mol. The van der Waals surface area contributed by atoms with Crippen LogP contribution < -0.4 is 5.32 Å². The van der Waals surface area contributed by atoms with Crippen LogP contribution in [0.1, 0.15) is 38.2 Å². The summed E-state index contributed by atoms with van der Waals surface area (Å²) in [5.41, 5.74) is 1.52. The molecule has 84 valence electrons.